The van der Waals surface area contributed by atoms with Crippen LogP contribution in [0.4, 0.5) is 5.69 Å². The first-order valence-electron chi connectivity index (χ1n) is 8.31. The molecule has 1 N–H and O–H groups in total. The van der Waals surface area contributed by atoms with Crippen molar-refractivity contribution in [3.63, 3.8) is 0 Å². The zero-order chi connectivity index (χ0) is 17.8. The van der Waals surface area contributed by atoms with E-state index in [0.29, 0.717) is 10.0 Å². The van der Waals surface area contributed by atoms with Crippen molar-refractivity contribution in [3.8, 4) is 0 Å². The molecule has 0 radical (unpaired) electrons. The van der Waals surface area contributed by atoms with Gasteiger partial charge in [-0.05, 0) is 48.5 Å². The lowest BCUT2D eigenvalue weighted by atomic mass is 10.2. The minimum Gasteiger partial charge on any atom is -0.346 e. The highest BCUT2D eigenvalue weighted by molar-refractivity contribution is 7.80. The van der Waals surface area contributed by atoms with Gasteiger partial charge in [-0.25, -0.2) is 0 Å². The van der Waals surface area contributed by atoms with Crippen LogP contribution in [0, 0.1) is 6.92 Å². The second-order valence-corrected chi connectivity index (χ2v) is 7.46. The Labute approximate surface area is 164 Å². The molecular weight excluding hydrogens is 373 g/mol. The van der Waals surface area contributed by atoms with Crippen LogP contribution in [-0.4, -0.2) is 41.1 Å². The minimum atomic E-state index is 0.600. The van der Waals surface area contributed by atoms with Crippen LogP contribution < -0.4 is 5.32 Å². The molecular formula is C19H21Cl2N3S. The molecule has 0 spiro atoms. The number of hydrogen-bond acceptors (Lipinski definition) is 2. The van der Waals surface area contributed by atoms with Gasteiger partial charge < -0.3 is 10.2 Å². The smallest absolute Gasteiger partial charge is 0.173 e. The number of nitrogens with one attached hydrogen (secondary N) is 1. The SMILES string of the molecule is Cc1ccccc1NC(=S)N1CCN(Cc2ccc(Cl)c(Cl)c2)CC1. The molecule has 0 aliphatic carbocycles. The van der Waals surface area contributed by atoms with Crippen molar-refractivity contribution >= 4 is 46.2 Å². The molecule has 1 saturated heterocycles. The first kappa shape index (κ1) is 18.5. The first-order valence-corrected chi connectivity index (χ1v) is 9.47. The summed E-state index contributed by atoms with van der Waals surface area (Å²) in [6.07, 6.45) is 0. The summed E-state index contributed by atoms with van der Waals surface area (Å²) in [5, 5.41) is 5.37. The molecule has 0 aromatic heterocycles. The van der Waals surface area contributed by atoms with Crippen LogP contribution in [0.25, 0.3) is 0 Å². The van der Waals surface area contributed by atoms with Crippen LogP contribution in [0.1, 0.15) is 11.1 Å². The highest BCUT2D eigenvalue weighted by Gasteiger charge is 2.19. The van der Waals surface area contributed by atoms with Gasteiger partial charge in [0.15, 0.2) is 5.11 Å². The summed E-state index contributed by atoms with van der Waals surface area (Å²) >= 11 is 17.7. The fourth-order valence-corrected chi connectivity index (χ4v) is 3.53. The maximum atomic E-state index is 6.10. The molecule has 1 aliphatic rings. The van der Waals surface area contributed by atoms with Gasteiger partial charge in [-0.15, -0.1) is 0 Å². The van der Waals surface area contributed by atoms with E-state index < -0.39 is 0 Å². The van der Waals surface area contributed by atoms with Crippen molar-refractivity contribution < 1.29 is 0 Å². The number of nitrogens with zero attached hydrogens (tertiary/aromatic N) is 2. The van der Waals surface area contributed by atoms with Gasteiger partial charge in [0.2, 0.25) is 0 Å². The summed E-state index contributed by atoms with van der Waals surface area (Å²) in [6, 6.07) is 14.0. The second-order valence-electron chi connectivity index (χ2n) is 6.26. The molecule has 1 fully saturated rings. The third-order valence-corrected chi connectivity index (χ3v) is 5.54. The molecule has 0 atom stereocenters. The lowest BCUT2D eigenvalue weighted by molar-refractivity contribution is 0.177. The molecule has 2 aromatic carbocycles. The van der Waals surface area contributed by atoms with Crippen LogP contribution in [0.5, 0.6) is 0 Å². The average molecular weight is 394 g/mol. The van der Waals surface area contributed by atoms with Crippen LogP contribution >= 0.6 is 35.4 Å². The zero-order valence-corrected chi connectivity index (χ0v) is 16.5. The molecule has 3 nitrogen and oxygen atoms in total. The van der Waals surface area contributed by atoms with Crippen molar-refractivity contribution in [1.82, 2.24) is 9.80 Å². The van der Waals surface area contributed by atoms with Gasteiger partial charge in [0.05, 0.1) is 10.0 Å². The van der Waals surface area contributed by atoms with Crippen LogP contribution in [0.15, 0.2) is 42.5 Å². The molecule has 2 aromatic rings. The molecule has 6 heteroatoms. The third kappa shape index (κ3) is 4.85. The molecule has 3 rings (SSSR count). The number of halogens is 2. The van der Waals surface area contributed by atoms with Gasteiger partial charge in [-0.1, -0.05) is 47.5 Å². The van der Waals surface area contributed by atoms with E-state index in [0.717, 1.165) is 43.5 Å². The third-order valence-electron chi connectivity index (χ3n) is 4.44. The van der Waals surface area contributed by atoms with Crippen LogP contribution in [0.3, 0.4) is 0 Å². The Hall–Kier alpha value is -1.33. The number of hydrogen-bond donors (Lipinski definition) is 1. The van der Waals surface area contributed by atoms with Gasteiger partial charge in [0.25, 0.3) is 0 Å². The highest BCUT2D eigenvalue weighted by Crippen LogP contribution is 2.23. The molecule has 0 unspecified atom stereocenters. The number of rotatable bonds is 3. The summed E-state index contributed by atoms with van der Waals surface area (Å²) in [6.45, 7) is 6.73. The topological polar surface area (TPSA) is 18.5 Å². The number of anilines is 1. The number of piperazine rings is 1. The minimum absolute atomic E-state index is 0.600. The maximum Gasteiger partial charge on any atom is 0.173 e. The molecule has 0 bridgehead atoms. The van der Waals surface area contributed by atoms with Gasteiger partial charge in [-0.3, -0.25) is 4.90 Å². The van der Waals surface area contributed by atoms with Crippen molar-refractivity contribution in [1.29, 1.82) is 0 Å². The number of benzene rings is 2. The van der Waals surface area contributed by atoms with E-state index in [1.165, 1.54) is 11.1 Å². The summed E-state index contributed by atoms with van der Waals surface area (Å²) in [5.74, 6) is 0. The summed E-state index contributed by atoms with van der Waals surface area (Å²) in [4.78, 5) is 4.64. The van der Waals surface area contributed by atoms with Crippen molar-refractivity contribution in [2.45, 2.75) is 13.5 Å². The zero-order valence-electron chi connectivity index (χ0n) is 14.1. The van der Waals surface area contributed by atoms with Crippen molar-refractivity contribution in [3.05, 3.63) is 63.6 Å². The predicted octanol–water partition coefficient (Wildman–Crippen LogP) is 4.82. The van der Waals surface area contributed by atoms with E-state index >= 15 is 0 Å². The van der Waals surface area contributed by atoms with E-state index in [2.05, 4.69) is 34.2 Å². The normalized spacial score (nSPS) is 15.2. The number of para-hydroxylation sites is 1. The van der Waals surface area contributed by atoms with E-state index in [9.17, 15) is 0 Å². The van der Waals surface area contributed by atoms with Crippen LogP contribution in [-0.2, 0) is 6.54 Å². The second kappa shape index (κ2) is 8.37. The molecule has 25 heavy (non-hydrogen) atoms. The predicted molar refractivity (Wildman–Crippen MR) is 111 cm³/mol. The molecule has 132 valence electrons. The fourth-order valence-electron chi connectivity index (χ4n) is 2.91. The van der Waals surface area contributed by atoms with Crippen molar-refractivity contribution in [2.24, 2.45) is 0 Å². The molecule has 1 aliphatic heterocycles. The summed E-state index contributed by atoms with van der Waals surface area (Å²) in [5.41, 5.74) is 3.46. The monoisotopic (exact) mass is 393 g/mol. The lowest BCUT2D eigenvalue weighted by Gasteiger charge is -2.36. The highest BCUT2D eigenvalue weighted by atomic mass is 35.5. The molecule has 0 saturated carbocycles. The Morgan fingerprint density at radius 1 is 1.04 bits per heavy atom. The Kier molecular flexibility index (Phi) is 6.18. The van der Waals surface area contributed by atoms with E-state index in [4.69, 9.17) is 35.4 Å². The number of aryl methyl sites for hydroxylation is 1. The van der Waals surface area contributed by atoms with Gasteiger partial charge in [0, 0.05) is 38.4 Å². The Balaban J connectivity index is 1.52. The van der Waals surface area contributed by atoms with E-state index in [-0.39, 0.29) is 0 Å². The van der Waals surface area contributed by atoms with Crippen molar-refractivity contribution in [2.75, 3.05) is 31.5 Å². The largest absolute Gasteiger partial charge is 0.346 e. The standard InChI is InChI=1S/C19H21Cl2N3S/c1-14-4-2-3-5-18(14)22-19(25)24-10-8-23(9-11-24)13-15-6-7-16(20)17(21)12-15/h2-7,12H,8-11,13H2,1H3,(H,22,25). The average Bonchev–Trinajstić information content (AvgIpc) is 2.61. The summed E-state index contributed by atoms with van der Waals surface area (Å²) in [7, 11) is 0. The molecule has 1 heterocycles. The van der Waals surface area contributed by atoms with E-state index in [1.807, 2.05) is 30.3 Å². The Bertz CT molecular complexity index is 758. The quantitative estimate of drug-likeness (QED) is 0.753. The van der Waals surface area contributed by atoms with Crippen LogP contribution in [0.2, 0.25) is 10.0 Å². The van der Waals surface area contributed by atoms with Gasteiger partial charge in [0.1, 0.15) is 0 Å². The maximum absolute atomic E-state index is 6.10. The number of thiocarbonyl (C=S) groups is 1. The summed E-state index contributed by atoms with van der Waals surface area (Å²) < 4.78 is 0. The lowest BCUT2D eigenvalue weighted by Crippen LogP contribution is -2.49. The Morgan fingerprint density at radius 3 is 2.44 bits per heavy atom. The van der Waals surface area contributed by atoms with Gasteiger partial charge >= 0.3 is 0 Å². The Morgan fingerprint density at radius 2 is 1.76 bits per heavy atom. The fraction of sp³-hybridized carbons (Fsp3) is 0.316. The molecule has 0 amide bonds. The van der Waals surface area contributed by atoms with Gasteiger partial charge in [-0.2, -0.15) is 0 Å². The van der Waals surface area contributed by atoms with E-state index in [1.54, 1.807) is 0 Å². The first-order chi connectivity index (χ1) is 12.0.